The van der Waals surface area contributed by atoms with Crippen LogP contribution in [0.2, 0.25) is 0 Å². The summed E-state index contributed by atoms with van der Waals surface area (Å²) >= 11 is 0. The van der Waals surface area contributed by atoms with Crippen molar-refractivity contribution in [3.63, 3.8) is 0 Å². The Labute approximate surface area is 116 Å². The molecule has 0 radical (unpaired) electrons. The zero-order chi connectivity index (χ0) is 14.0. The quantitative estimate of drug-likeness (QED) is 0.900. The average Bonchev–Trinajstić information content (AvgIpc) is 2.67. The Balaban J connectivity index is 1.99. The second-order valence-corrected chi connectivity index (χ2v) is 5.88. The maximum absolute atomic E-state index is 5.87. The van der Waals surface area contributed by atoms with Crippen LogP contribution in [-0.4, -0.2) is 49.1 Å². The third-order valence-electron chi connectivity index (χ3n) is 4.25. The van der Waals surface area contributed by atoms with Crippen LogP contribution in [-0.2, 0) is 13.1 Å². The Kier molecular flexibility index (Phi) is 4.66. The lowest BCUT2D eigenvalue weighted by atomic mass is 10.1. The van der Waals surface area contributed by atoms with Gasteiger partial charge in [-0.25, -0.2) is 0 Å². The summed E-state index contributed by atoms with van der Waals surface area (Å²) in [4.78, 5) is 4.95. The molecule has 4 nitrogen and oxygen atoms in total. The molecule has 0 aliphatic carbocycles. The fourth-order valence-electron chi connectivity index (χ4n) is 2.89. The highest BCUT2D eigenvalue weighted by Crippen LogP contribution is 2.19. The fraction of sp³-hybridized carbons (Fsp3) is 0.733. The second kappa shape index (κ2) is 6.07. The molecule has 2 rings (SSSR count). The molecule has 1 N–H and O–H groups in total. The Bertz CT molecular complexity index is 404. The number of furan rings is 1. The van der Waals surface area contributed by atoms with Gasteiger partial charge in [0.05, 0.1) is 6.54 Å². The molecule has 2 heterocycles. The first-order valence-electron chi connectivity index (χ1n) is 7.18. The van der Waals surface area contributed by atoms with Crippen LogP contribution in [0.4, 0.5) is 0 Å². The molecule has 0 saturated carbocycles. The monoisotopic (exact) mass is 265 g/mol. The lowest BCUT2D eigenvalue weighted by molar-refractivity contribution is 0.0517. The predicted octanol–water partition coefficient (Wildman–Crippen LogP) is 1.83. The number of hydrogen-bond acceptors (Lipinski definition) is 4. The van der Waals surface area contributed by atoms with E-state index in [1.807, 2.05) is 14.0 Å². The highest BCUT2D eigenvalue weighted by Gasteiger charge is 2.26. The van der Waals surface area contributed by atoms with Gasteiger partial charge < -0.3 is 9.73 Å². The van der Waals surface area contributed by atoms with Gasteiger partial charge in [0.25, 0.3) is 0 Å². The number of aryl methyl sites for hydroxylation is 1. The second-order valence-electron chi connectivity index (χ2n) is 5.88. The standard InChI is InChI=1S/C15H27N3O/c1-11-8-18(9-12(2)17(11)5)10-15-6-14(7-16-4)13(3)19-15/h6,11-12,16H,7-10H2,1-5H3. The summed E-state index contributed by atoms with van der Waals surface area (Å²) in [7, 11) is 4.19. The van der Waals surface area contributed by atoms with Crippen molar-refractivity contribution in [2.75, 3.05) is 27.2 Å². The molecule has 19 heavy (non-hydrogen) atoms. The highest BCUT2D eigenvalue weighted by molar-refractivity contribution is 5.20. The number of hydrogen-bond donors (Lipinski definition) is 1. The number of nitrogens with one attached hydrogen (secondary N) is 1. The summed E-state index contributed by atoms with van der Waals surface area (Å²) in [5.74, 6) is 2.13. The lowest BCUT2D eigenvalue weighted by Crippen LogP contribution is -2.54. The van der Waals surface area contributed by atoms with Crippen molar-refractivity contribution < 1.29 is 4.42 Å². The first-order valence-corrected chi connectivity index (χ1v) is 7.18. The molecule has 1 fully saturated rings. The summed E-state index contributed by atoms with van der Waals surface area (Å²) in [6.45, 7) is 10.7. The molecule has 108 valence electrons. The van der Waals surface area contributed by atoms with Crippen LogP contribution in [0.3, 0.4) is 0 Å². The molecular weight excluding hydrogens is 238 g/mol. The van der Waals surface area contributed by atoms with Crippen LogP contribution >= 0.6 is 0 Å². The van der Waals surface area contributed by atoms with Crippen molar-refractivity contribution in [3.8, 4) is 0 Å². The van der Waals surface area contributed by atoms with Crippen molar-refractivity contribution in [3.05, 3.63) is 23.2 Å². The molecule has 2 unspecified atom stereocenters. The van der Waals surface area contributed by atoms with Crippen molar-refractivity contribution in [2.45, 2.75) is 45.9 Å². The van der Waals surface area contributed by atoms with E-state index < -0.39 is 0 Å². The van der Waals surface area contributed by atoms with Gasteiger partial charge in [-0.15, -0.1) is 0 Å². The van der Waals surface area contributed by atoms with Gasteiger partial charge in [0.15, 0.2) is 0 Å². The van der Waals surface area contributed by atoms with Crippen LogP contribution < -0.4 is 5.32 Å². The van der Waals surface area contributed by atoms with E-state index in [1.165, 1.54) is 5.56 Å². The van der Waals surface area contributed by atoms with Crippen molar-refractivity contribution in [1.29, 1.82) is 0 Å². The van der Waals surface area contributed by atoms with E-state index in [9.17, 15) is 0 Å². The number of nitrogens with zero attached hydrogens (tertiary/aromatic N) is 2. The first kappa shape index (κ1) is 14.6. The average molecular weight is 265 g/mol. The summed E-state index contributed by atoms with van der Waals surface area (Å²) in [6.07, 6.45) is 0. The summed E-state index contributed by atoms with van der Waals surface area (Å²) in [5.41, 5.74) is 1.27. The molecule has 4 heteroatoms. The van der Waals surface area contributed by atoms with Gasteiger partial charge in [0.1, 0.15) is 11.5 Å². The van der Waals surface area contributed by atoms with Crippen LogP contribution in [0.5, 0.6) is 0 Å². The zero-order valence-corrected chi connectivity index (χ0v) is 12.9. The van der Waals surface area contributed by atoms with Crippen LogP contribution in [0.15, 0.2) is 10.5 Å². The van der Waals surface area contributed by atoms with Crippen molar-refractivity contribution >= 4 is 0 Å². The molecule has 1 saturated heterocycles. The van der Waals surface area contributed by atoms with Gasteiger partial charge in [0.2, 0.25) is 0 Å². The van der Waals surface area contributed by atoms with E-state index in [2.05, 4.69) is 42.1 Å². The van der Waals surface area contributed by atoms with Gasteiger partial charge in [0, 0.05) is 37.3 Å². The third-order valence-corrected chi connectivity index (χ3v) is 4.25. The summed E-state index contributed by atoms with van der Waals surface area (Å²) < 4.78 is 5.87. The molecule has 0 amide bonds. The lowest BCUT2D eigenvalue weighted by Gasteiger charge is -2.42. The topological polar surface area (TPSA) is 31.6 Å². The molecule has 0 spiro atoms. The fourth-order valence-corrected chi connectivity index (χ4v) is 2.89. The van der Waals surface area contributed by atoms with E-state index in [4.69, 9.17) is 4.42 Å². The van der Waals surface area contributed by atoms with Crippen LogP contribution in [0, 0.1) is 6.92 Å². The minimum absolute atomic E-state index is 0.608. The highest BCUT2D eigenvalue weighted by atomic mass is 16.3. The molecular formula is C15H27N3O. The normalized spacial score (nSPS) is 25.9. The summed E-state index contributed by atoms with van der Waals surface area (Å²) in [6, 6.07) is 3.41. The zero-order valence-electron chi connectivity index (χ0n) is 12.9. The van der Waals surface area contributed by atoms with Crippen LogP contribution in [0.1, 0.15) is 30.9 Å². The van der Waals surface area contributed by atoms with Crippen molar-refractivity contribution in [2.24, 2.45) is 0 Å². The number of likely N-dealkylation sites (N-methyl/N-ethyl adjacent to an activating group) is 1. The van der Waals surface area contributed by atoms with E-state index in [-0.39, 0.29) is 0 Å². The molecule has 1 aliphatic heterocycles. The van der Waals surface area contributed by atoms with E-state index >= 15 is 0 Å². The van der Waals surface area contributed by atoms with Gasteiger partial charge in [-0.05, 0) is 40.9 Å². The Morgan fingerprint density at radius 2 is 1.95 bits per heavy atom. The number of piperazine rings is 1. The molecule has 1 aliphatic rings. The van der Waals surface area contributed by atoms with Crippen molar-refractivity contribution in [1.82, 2.24) is 15.1 Å². The Morgan fingerprint density at radius 3 is 2.53 bits per heavy atom. The first-order chi connectivity index (χ1) is 9.01. The molecule has 1 aromatic rings. The van der Waals surface area contributed by atoms with Gasteiger partial charge >= 0.3 is 0 Å². The van der Waals surface area contributed by atoms with E-state index in [1.54, 1.807) is 0 Å². The van der Waals surface area contributed by atoms with Gasteiger partial charge in [-0.1, -0.05) is 0 Å². The molecule has 0 aromatic carbocycles. The van der Waals surface area contributed by atoms with Gasteiger partial charge in [-0.3, -0.25) is 9.80 Å². The smallest absolute Gasteiger partial charge is 0.118 e. The maximum Gasteiger partial charge on any atom is 0.118 e. The SMILES string of the molecule is CNCc1cc(CN2CC(C)N(C)C(C)C2)oc1C. The third kappa shape index (κ3) is 3.38. The molecule has 1 aromatic heterocycles. The number of rotatable bonds is 4. The predicted molar refractivity (Wildman–Crippen MR) is 78.2 cm³/mol. The minimum Gasteiger partial charge on any atom is -0.465 e. The van der Waals surface area contributed by atoms with Gasteiger partial charge in [-0.2, -0.15) is 0 Å². The van der Waals surface area contributed by atoms with E-state index in [0.717, 1.165) is 37.7 Å². The molecule has 0 bridgehead atoms. The Hall–Kier alpha value is -0.840. The largest absolute Gasteiger partial charge is 0.465 e. The summed E-state index contributed by atoms with van der Waals surface area (Å²) in [5, 5.41) is 3.18. The molecule has 2 atom stereocenters. The maximum atomic E-state index is 5.87. The van der Waals surface area contributed by atoms with E-state index in [0.29, 0.717) is 12.1 Å². The Morgan fingerprint density at radius 1 is 1.32 bits per heavy atom. The minimum atomic E-state index is 0.608. The van der Waals surface area contributed by atoms with Crippen LogP contribution in [0.25, 0.3) is 0 Å².